The largest absolute Gasteiger partial charge is 0.356 e. The number of nitrogens with zero attached hydrogens (tertiary/aromatic N) is 3. The van der Waals surface area contributed by atoms with Crippen molar-refractivity contribution < 1.29 is 9.59 Å². The third kappa shape index (κ3) is 7.25. The lowest BCUT2D eigenvalue weighted by molar-refractivity contribution is 0.0827. The van der Waals surface area contributed by atoms with Gasteiger partial charge >= 0.3 is 0 Å². The summed E-state index contributed by atoms with van der Waals surface area (Å²) in [7, 11) is 5.18. The lowest BCUT2D eigenvalue weighted by atomic mass is 10.1. The molecule has 29 heavy (non-hydrogen) atoms. The maximum atomic E-state index is 12.1. The molecule has 3 N–H and O–H groups in total. The highest BCUT2D eigenvalue weighted by molar-refractivity contribution is 5.94. The number of aliphatic imine (C=N–C) groups is 1. The second kappa shape index (κ2) is 11.4. The molecule has 8 nitrogen and oxygen atoms in total. The quantitative estimate of drug-likeness (QED) is 0.350. The topological polar surface area (TPSA) is 98.7 Å². The Bertz CT molecular complexity index is 836. The number of aromatic nitrogens is 1. The van der Waals surface area contributed by atoms with E-state index in [1.54, 1.807) is 44.4 Å². The van der Waals surface area contributed by atoms with Crippen LogP contribution in [0, 0.1) is 0 Å². The summed E-state index contributed by atoms with van der Waals surface area (Å²) in [6, 6.07) is 11.1. The molecule has 0 aliphatic heterocycles. The predicted octanol–water partition coefficient (Wildman–Crippen LogP) is 0.921. The third-order valence-corrected chi connectivity index (χ3v) is 4.14. The Morgan fingerprint density at radius 2 is 1.72 bits per heavy atom. The van der Waals surface area contributed by atoms with Crippen molar-refractivity contribution in [2.75, 3.05) is 40.8 Å². The lowest BCUT2D eigenvalue weighted by Gasteiger charge is -2.13. The van der Waals surface area contributed by atoms with Gasteiger partial charge < -0.3 is 20.9 Å². The standard InChI is InChI=1S/C21H28N6O2/c1-22-21(26-13-12-24-19(28)18-8-5-10-23-15-18)25-11-9-16-6-4-7-17(14-16)20(29)27(2)3/h4-8,10,14-15H,9,11-13H2,1-3H3,(H,24,28)(H2,22,25,26). The first-order valence-corrected chi connectivity index (χ1v) is 9.44. The van der Waals surface area contributed by atoms with E-state index >= 15 is 0 Å². The second-order valence-electron chi connectivity index (χ2n) is 6.57. The lowest BCUT2D eigenvalue weighted by Crippen LogP contribution is -2.42. The molecular weight excluding hydrogens is 368 g/mol. The van der Waals surface area contributed by atoms with E-state index in [1.165, 1.54) is 6.20 Å². The van der Waals surface area contributed by atoms with Crippen LogP contribution in [0.3, 0.4) is 0 Å². The Balaban J connectivity index is 1.71. The molecule has 0 aliphatic carbocycles. The van der Waals surface area contributed by atoms with E-state index in [0.29, 0.717) is 36.7 Å². The average molecular weight is 396 g/mol. The molecule has 2 amide bonds. The first-order chi connectivity index (χ1) is 14.0. The maximum Gasteiger partial charge on any atom is 0.253 e. The van der Waals surface area contributed by atoms with Crippen LogP contribution in [0.25, 0.3) is 0 Å². The van der Waals surface area contributed by atoms with Gasteiger partial charge in [-0.2, -0.15) is 0 Å². The Morgan fingerprint density at radius 3 is 2.41 bits per heavy atom. The van der Waals surface area contributed by atoms with Crippen molar-refractivity contribution >= 4 is 17.8 Å². The minimum Gasteiger partial charge on any atom is -0.356 e. The fourth-order valence-corrected chi connectivity index (χ4v) is 2.62. The van der Waals surface area contributed by atoms with Gasteiger partial charge in [0.05, 0.1) is 5.56 Å². The molecule has 0 saturated carbocycles. The van der Waals surface area contributed by atoms with Crippen LogP contribution >= 0.6 is 0 Å². The maximum absolute atomic E-state index is 12.1. The first-order valence-electron chi connectivity index (χ1n) is 9.44. The molecule has 8 heteroatoms. The summed E-state index contributed by atoms with van der Waals surface area (Å²) in [4.78, 5) is 33.7. The minimum atomic E-state index is -0.157. The highest BCUT2D eigenvalue weighted by atomic mass is 16.2. The Morgan fingerprint density at radius 1 is 1.00 bits per heavy atom. The van der Waals surface area contributed by atoms with E-state index in [2.05, 4.69) is 25.9 Å². The molecule has 1 heterocycles. The number of guanidine groups is 1. The van der Waals surface area contributed by atoms with Crippen LogP contribution in [0.1, 0.15) is 26.3 Å². The molecule has 154 valence electrons. The molecule has 0 atom stereocenters. The highest BCUT2D eigenvalue weighted by Gasteiger charge is 2.08. The van der Waals surface area contributed by atoms with Gasteiger partial charge in [-0.05, 0) is 36.2 Å². The summed E-state index contributed by atoms with van der Waals surface area (Å²) in [6.07, 6.45) is 3.92. The third-order valence-electron chi connectivity index (χ3n) is 4.14. The molecule has 0 fully saturated rings. The zero-order chi connectivity index (χ0) is 21.1. The van der Waals surface area contributed by atoms with Gasteiger partial charge in [0, 0.05) is 58.7 Å². The van der Waals surface area contributed by atoms with E-state index in [1.807, 2.05) is 24.3 Å². The van der Waals surface area contributed by atoms with Crippen molar-refractivity contribution in [3.63, 3.8) is 0 Å². The van der Waals surface area contributed by atoms with Gasteiger partial charge in [0.15, 0.2) is 5.96 Å². The van der Waals surface area contributed by atoms with Gasteiger partial charge in [-0.15, -0.1) is 0 Å². The van der Waals surface area contributed by atoms with Crippen molar-refractivity contribution in [2.24, 2.45) is 4.99 Å². The number of hydrogen-bond donors (Lipinski definition) is 3. The summed E-state index contributed by atoms with van der Waals surface area (Å²) >= 11 is 0. The van der Waals surface area contributed by atoms with E-state index in [4.69, 9.17) is 0 Å². The second-order valence-corrected chi connectivity index (χ2v) is 6.57. The SMILES string of the molecule is CN=C(NCCNC(=O)c1cccnc1)NCCc1cccc(C(=O)N(C)C)c1. The molecule has 0 radical (unpaired) electrons. The first kappa shape index (κ1) is 21.9. The smallest absolute Gasteiger partial charge is 0.253 e. The number of carbonyl (C=O) groups is 2. The molecule has 2 rings (SSSR count). The van der Waals surface area contributed by atoms with E-state index in [0.717, 1.165) is 12.0 Å². The number of rotatable bonds is 8. The minimum absolute atomic E-state index is 0.00869. The van der Waals surface area contributed by atoms with Gasteiger partial charge in [0.25, 0.3) is 11.8 Å². The summed E-state index contributed by atoms with van der Waals surface area (Å²) in [5.41, 5.74) is 2.29. The van der Waals surface area contributed by atoms with Crippen LogP contribution in [-0.4, -0.2) is 68.4 Å². The summed E-state index contributed by atoms with van der Waals surface area (Å²) in [6.45, 7) is 1.67. The van der Waals surface area contributed by atoms with Crippen LogP contribution in [0.2, 0.25) is 0 Å². The highest BCUT2D eigenvalue weighted by Crippen LogP contribution is 2.07. The molecule has 0 spiro atoms. The summed E-state index contributed by atoms with van der Waals surface area (Å²) in [5, 5.41) is 9.21. The molecule has 0 aliphatic rings. The monoisotopic (exact) mass is 396 g/mol. The van der Waals surface area contributed by atoms with Crippen molar-refractivity contribution in [2.45, 2.75) is 6.42 Å². The Kier molecular flexibility index (Phi) is 8.62. The van der Waals surface area contributed by atoms with Crippen LogP contribution < -0.4 is 16.0 Å². The van der Waals surface area contributed by atoms with E-state index < -0.39 is 0 Å². The van der Waals surface area contributed by atoms with Crippen molar-refractivity contribution in [1.82, 2.24) is 25.8 Å². The fourth-order valence-electron chi connectivity index (χ4n) is 2.62. The van der Waals surface area contributed by atoms with Gasteiger partial charge in [0.2, 0.25) is 0 Å². The zero-order valence-corrected chi connectivity index (χ0v) is 17.1. The zero-order valence-electron chi connectivity index (χ0n) is 17.1. The van der Waals surface area contributed by atoms with Crippen LogP contribution in [0.4, 0.5) is 0 Å². The number of amides is 2. The van der Waals surface area contributed by atoms with Gasteiger partial charge in [0.1, 0.15) is 0 Å². The Labute approximate surface area is 171 Å². The van der Waals surface area contributed by atoms with Gasteiger partial charge in [-0.1, -0.05) is 12.1 Å². The van der Waals surface area contributed by atoms with Gasteiger partial charge in [-0.3, -0.25) is 19.6 Å². The normalized spacial score (nSPS) is 10.9. The van der Waals surface area contributed by atoms with E-state index in [9.17, 15) is 9.59 Å². The number of pyridine rings is 1. The molecular formula is C21H28N6O2. The van der Waals surface area contributed by atoms with Crippen LogP contribution in [0.5, 0.6) is 0 Å². The van der Waals surface area contributed by atoms with Crippen molar-refractivity contribution in [3.05, 3.63) is 65.5 Å². The molecule has 1 aromatic heterocycles. The van der Waals surface area contributed by atoms with Crippen molar-refractivity contribution in [3.8, 4) is 0 Å². The molecule has 0 unspecified atom stereocenters. The van der Waals surface area contributed by atoms with E-state index in [-0.39, 0.29) is 11.8 Å². The van der Waals surface area contributed by atoms with Gasteiger partial charge in [-0.25, -0.2) is 0 Å². The van der Waals surface area contributed by atoms with Crippen molar-refractivity contribution in [1.29, 1.82) is 0 Å². The number of benzene rings is 1. The molecule has 0 saturated heterocycles. The Hall–Kier alpha value is -3.42. The molecule has 1 aromatic carbocycles. The number of carbonyl (C=O) groups excluding carboxylic acids is 2. The number of hydrogen-bond acceptors (Lipinski definition) is 4. The average Bonchev–Trinajstić information content (AvgIpc) is 2.75. The van der Waals surface area contributed by atoms with Crippen LogP contribution in [0.15, 0.2) is 53.8 Å². The molecule has 0 bridgehead atoms. The predicted molar refractivity (Wildman–Crippen MR) is 114 cm³/mol. The fraction of sp³-hybridized carbons (Fsp3) is 0.333. The van der Waals surface area contributed by atoms with Crippen LogP contribution in [-0.2, 0) is 6.42 Å². The number of nitrogens with one attached hydrogen (secondary N) is 3. The molecule has 2 aromatic rings. The summed E-state index contributed by atoms with van der Waals surface area (Å²) < 4.78 is 0. The summed E-state index contributed by atoms with van der Waals surface area (Å²) in [5.74, 6) is 0.488.